The third-order valence-electron chi connectivity index (χ3n) is 4.36. The number of carbonyl (C=O) groups is 3. The van der Waals surface area contributed by atoms with Crippen LogP contribution in [0.15, 0.2) is 24.3 Å². The van der Waals surface area contributed by atoms with Crippen LogP contribution in [0.1, 0.15) is 25.3 Å². The quantitative estimate of drug-likeness (QED) is 0.809. The molecule has 0 saturated carbocycles. The molecule has 6 nitrogen and oxygen atoms in total. The molecule has 1 aromatic rings. The number of rotatable bonds is 6. The molecule has 1 atom stereocenters. The van der Waals surface area contributed by atoms with Gasteiger partial charge in [0.15, 0.2) is 0 Å². The monoisotopic (exact) mass is 364 g/mol. The third-order valence-corrected chi connectivity index (χ3v) is 5.28. The van der Waals surface area contributed by atoms with Crippen LogP contribution in [0.25, 0.3) is 0 Å². The van der Waals surface area contributed by atoms with Gasteiger partial charge in [0.05, 0.1) is 16.9 Å². The van der Waals surface area contributed by atoms with E-state index in [4.69, 9.17) is 0 Å². The maximum Gasteiger partial charge on any atom is 0.311 e. The molecule has 0 spiro atoms. The van der Waals surface area contributed by atoms with Crippen LogP contribution < -0.4 is 5.32 Å². The molecular weight excluding hydrogens is 340 g/mol. The first-order chi connectivity index (χ1) is 11.8. The van der Waals surface area contributed by atoms with E-state index in [9.17, 15) is 19.5 Å². The summed E-state index contributed by atoms with van der Waals surface area (Å²) in [5.74, 6) is -0.771. The number of nitrogens with zero attached hydrogens (tertiary/aromatic N) is 1. The van der Waals surface area contributed by atoms with Crippen molar-refractivity contribution in [1.29, 1.82) is 0 Å². The fourth-order valence-corrected chi connectivity index (χ4v) is 3.50. The van der Waals surface area contributed by atoms with E-state index >= 15 is 0 Å². The summed E-state index contributed by atoms with van der Waals surface area (Å²) in [6, 6.07) is 7.51. The lowest BCUT2D eigenvalue weighted by Gasteiger charge is -2.37. The summed E-state index contributed by atoms with van der Waals surface area (Å²) >= 11 is 1.24. The molecule has 25 heavy (non-hydrogen) atoms. The van der Waals surface area contributed by atoms with Crippen LogP contribution in [0.3, 0.4) is 0 Å². The smallest absolute Gasteiger partial charge is 0.311 e. The Kier molecular flexibility index (Phi) is 6.47. The van der Waals surface area contributed by atoms with Crippen molar-refractivity contribution < 1.29 is 19.5 Å². The van der Waals surface area contributed by atoms with E-state index in [1.165, 1.54) is 11.8 Å². The summed E-state index contributed by atoms with van der Waals surface area (Å²) in [7, 11) is 0. The lowest BCUT2D eigenvalue weighted by Crippen LogP contribution is -2.49. The van der Waals surface area contributed by atoms with Gasteiger partial charge in [-0.05, 0) is 38.8 Å². The number of carbonyl (C=O) groups excluding carboxylic acids is 2. The molecule has 0 radical (unpaired) electrons. The van der Waals surface area contributed by atoms with Crippen LogP contribution in [0.4, 0.5) is 5.69 Å². The van der Waals surface area contributed by atoms with Gasteiger partial charge in [0.1, 0.15) is 0 Å². The molecule has 1 aliphatic heterocycles. The van der Waals surface area contributed by atoms with Crippen molar-refractivity contribution in [2.24, 2.45) is 5.41 Å². The maximum absolute atomic E-state index is 12.3. The van der Waals surface area contributed by atoms with Gasteiger partial charge in [0.2, 0.25) is 11.8 Å². The molecule has 0 bridgehead atoms. The highest BCUT2D eigenvalue weighted by Crippen LogP contribution is 2.30. The second-order valence-corrected chi connectivity index (χ2v) is 7.68. The summed E-state index contributed by atoms with van der Waals surface area (Å²) in [5.41, 5.74) is 0.977. The summed E-state index contributed by atoms with van der Waals surface area (Å²) in [6.07, 6.45) is 1.27. The fourth-order valence-electron chi connectivity index (χ4n) is 2.78. The van der Waals surface area contributed by atoms with E-state index in [-0.39, 0.29) is 29.9 Å². The first-order valence-corrected chi connectivity index (χ1v) is 9.41. The Bertz CT molecular complexity index is 647. The number of aryl methyl sites for hydroxylation is 1. The highest BCUT2D eigenvalue weighted by molar-refractivity contribution is 8.00. The van der Waals surface area contributed by atoms with Crippen LogP contribution in [-0.4, -0.2) is 52.4 Å². The molecule has 136 valence electrons. The number of nitrogens with one attached hydrogen (secondary N) is 1. The lowest BCUT2D eigenvalue weighted by atomic mass is 9.82. The number of thioether (sulfide) groups is 1. The van der Waals surface area contributed by atoms with Crippen molar-refractivity contribution in [2.75, 3.05) is 29.9 Å². The average molecular weight is 364 g/mol. The summed E-state index contributed by atoms with van der Waals surface area (Å²) in [4.78, 5) is 37.1. The maximum atomic E-state index is 12.3. The van der Waals surface area contributed by atoms with Gasteiger partial charge in [-0.1, -0.05) is 17.7 Å². The first kappa shape index (κ1) is 19.3. The Labute approximate surface area is 152 Å². The highest BCUT2D eigenvalue weighted by Gasteiger charge is 2.39. The topological polar surface area (TPSA) is 86.7 Å². The van der Waals surface area contributed by atoms with Gasteiger partial charge in [-0.2, -0.15) is 0 Å². The Balaban J connectivity index is 1.75. The van der Waals surface area contributed by atoms with Gasteiger partial charge < -0.3 is 15.3 Å². The molecule has 1 aliphatic rings. The number of carboxylic acid groups (broad SMARTS) is 1. The molecule has 1 heterocycles. The molecule has 0 aliphatic carbocycles. The summed E-state index contributed by atoms with van der Waals surface area (Å²) < 4.78 is 0. The van der Waals surface area contributed by atoms with E-state index < -0.39 is 11.4 Å². The van der Waals surface area contributed by atoms with Gasteiger partial charge in [0.25, 0.3) is 0 Å². The molecule has 1 fully saturated rings. The Morgan fingerprint density at radius 1 is 1.24 bits per heavy atom. The predicted octanol–water partition coefficient (Wildman–Crippen LogP) is 2.38. The highest BCUT2D eigenvalue weighted by atomic mass is 32.2. The third kappa shape index (κ3) is 5.49. The van der Waals surface area contributed by atoms with Crippen molar-refractivity contribution in [3.05, 3.63) is 29.8 Å². The zero-order chi connectivity index (χ0) is 18.4. The number of aliphatic carboxylic acids is 1. The summed E-state index contributed by atoms with van der Waals surface area (Å²) in [6.45, 7) is 4.47. The van der Waals surface area contributed by atoms with Gasteiger partial charge in [-0.15, -0.1) is 11.8 Å². The van der Waals surface area contributed by atoms with Crippen LogP contribution in [-0.2, 0) is 14.4 Å². The zero-order valence-corrected chi connectivity index (χ0v) is 15.4. The Hall–Kier alpha value is -2.02. The van der Waals surface area contributed by atoms with Crippen LogP contribution in [0.2, 0.25) is 0 Å². The standard InChI is InChI=1S/C18H24N2O4S/c1-13-4-6-14(7-5-13)19-15(21)10-25-11-16(22)20-9-3-8-18(2,12-20)17(23)24/h4-7H,3,8-12H2,1-2H3,(H,19,21)(H,23,24). The average Bonchev–Trinajstić information content (AvgIpc) is 2.57. The van der Waals surface area contributed by atoms with Gasteiger partial charge in [-0.25, -0.2) is 0 Å². The normalized spacial score (nSPS) is 20.2. The Morgan fingerprint density at radius 3 is 2.56 bits per heavy atom. The second-order valence-electron chi connectivity index (χ2n) is 6.69. The van der Waals surface area contributed by atoms with Crippen molar-refractivity contribution in [1.82, 2.24) is 4.90 Å². The van der Waals surface area contributed by atoms with Crippen molar-refractivity contribution in [3.63, 3.8) is 0 Å². The SMILES string of the molecule is Cc1ccc(NC(=O)CSCC(=O)N2CCCC(C)(C(=O)O)C2)cc1. The minimum Gasteiger partial charge on any atom is -0.481 e. The second kappa shape index (κ2) is 8.38. The molecule has 2 amide bonds. The number of piperidine rings is 1. The van der Waals surface area contributed by atoms with E-state index in [2.05, 4.69) is 5.32 Å². The van der Waals surface area contributed by atoms with Crippen molar-refractivity contribution in [2.45, 2.75) is 26.7 Å². The number of likely N-dealkylation sites (tertiary alicyclic amines) is 1. The number of carboxylic acids is 1. The molecular formula is C18H24N2O4S. The molecule has 2 N–H and O–H groups in total. The molecule has 1 unspecified atom stereocenters. The van der Waals surface area contributed by atoms with Crippen LogP contribution in [0.5, 0.6) is 0 Å². The first-order valence-electron chi connectivity index (χ1n) is 8.25. The van der Waals surface area contributed by atoms with Crippen molar-refractivity contribution in [3.8, 4) is 0 Å². The van der Waals surface area contributed by atoms with Crippen LogP contribution in [0, 0.1) is 12.3 Å². The van der Waals surface area contributed by atoms with E-state index in [0.717, 1.165) is 11.3 Å². The minimum absolute atomic E-state index is 0.111. The van der Waals surface area contributed by atoms with E-state index in [1.807, 2.05) is 31.2 Å². The number of amides is 2. The van der Waals surface area contributed by atoms with Gasteiger partial charge >= 0.3 is 5.97 Å². The van der Waals surface area contributed by atoms with E-state index in [0.29, 0.717) is 19.4 Å². The molecule has 7 heteroatoms. The van der Waals surface area contributed by atoms with Crippen molar-refractivity contribution >= 4 is 35.2 Å². The van der Waals surface area contributed by atoms with Crippen LogP contribution >= 0.6 is 11.8 Å². The Morgan fingerprint density at radius 2 is 1.92 bits per heavy atom. The number of anilines is 1. The molecule has 1 saturated heterocycles. The van der Waals surface area contributed by atoms with E-state index in [1.54, 1.807) is 11.8 Å². The zero-order valence-electron chi connectivity index (χ0n) is 14.6. The number of hydrogen-bond acceptors (Lipinski definition) is 4. The van der Waals surface area contributed by atoms with Gasteiger partial charge in [0, 0.05) is 18.8 Å². The largest absolute Gasteiger partial charge is 0.481 e. The minimum atomic E-state index is -0.874. The number of hydrogen-bond donors (Lipinski definition) is 2. The number of benzene rings is 1. The molecule has 1 aromatic carbocycles. The predicted molar refractivity (Wildman–Crippen MR) is 98.7 cm³/mol. The molecule has 2 rings (SSSR count). The lowest BCUT2D eigenvalue weighted by molar-refractivity contribution is -0.153. The fraction of sp³-hybridized carbons (Fsp3) is 0.500. The van der Waals surface area contributed by atoms with Gasteiger partial charge in [-0.3, -0.25) is 14.4 Å². The summed E-state index contributed by atoms with van der Waals surface area (Å²) in [5, 5.41) is 12.1. The molecule has 0 aromatic heterocycles.